The van der Waals surface area contributed by atoms with Gasteiger partial charge in [-0.1, -0.05) is 170 Å². The number of hydrogen-bond acceptors (Lipinski definition) is 2. The molecule has 0 radical (unpaired) electrons. The summed E-state index contributed by atoms with van der Waals surface area (Å²) < 4.78 is 9.20. The molecule has 13 rings (SSSR count). The van der Waals surface area contributed by atoms with E-state index in [9.17, 15) is 0 Å². The van der Waals surface area contributed by atoms with Gasteiger partial charge in [-0.2, -0.15) is 0 Å². The smallest absolute Gasteiger partial charge is 0.145 e. The fourth-order valence-corrected chi connectivity index (χ4v) is 10.7. The van der Waals surface area contributed by atoms with Gasteiger partial charge in [0.1, 0.15) is 11.2 Å². The third-order valence-electron chi connectivity index (χ3n) is 13.2. The van der Waals surface area contributed by atoms with E-state index in [0.717, 1.165) is 55.5 Å². The predicted octanol–water partition coefficient (Wildman–Crippen LogP) is 15.7. The van der Waals surface area contributed by atoms with Gasteiger partial charge < -0.3 is 13.9 Å². The summed E-state index contributed by atoms with van der Waals surface area (Å²) in [5.41, 5.74) is 15.4. The molecule has 0 amide bonds. The molecule has 3 heteroatoms. The zero-order chi connectivity index (χ0) is 40.8. The second kappa shape index (κ2) is 13.4. The minimum atomic E-state index is -0.544. The first-order chi connectivity index (χ1) is 30.8. The summed E-state index contributed by atoms with van der Waals surface area (Å²) in [5, 5.41) is 6.90. The Morgan fingerprint density at radius 1 is 0.403 bits per heavy atom. The van der Waals surface area contributed by atoms with Crippen LogP contribution in [0.1, 0.15) is 22.3 Å². The summed E-state index contributed by atoms with van der Waals surface area (Å²) in [7, 11) is 0. The molecule has 0 aliphatic heterocycles. The second-order valence-corrected chi connectivity index (χ2v) is 16.4. The number of fused-ring (bicyclic) bond motifs is 11. The Balaban J connectivity index is 1.10. The van der Waals surface area contributed by atoms with E-state index in [-0.39, 0.29) is 0 Å². The highest BCUT2D eigenvalue weighted by molar-refractivity contribution is 6.22. The molecule has 0 saturated carbocycles. The maximum absolute atomic E-state index is 6.81. The van der Waals surface area contributed by atoms with Crippen molar-refractivity contribution in [3.63, 3.8) is 0 Å². The van der Waals surface area contributed by atoms with E-state index in [0.29, 0.717) is 0 Å². The normalized spacial score (nSPS) is 13.0. The maximum atomic E-state index is 6.81. The first-order valence-corrected chi connectivity index (χ1v) is 21.3. The van der Waals surface area contributed by atoms with Gasteiger partial charge in [0.05, 0.1) is 27.5 Å². The lowest BCUT2D eigenvalue weighted by molar-refractivity contribution is 0.672. The van der Waals surface area contributed by atoms with Crippen LogP contribution in [0.15, 0.2) is 235 Å². The summed E-state index contributed by atoms with van der Waals surface area (Å²) in [6, 6.07) is 84.1. The van der Waals surface area contributed by atoms with Crippen molar-refractivity contribution in [3.8, 4) is 16.8 Å². The SMILES string of the molecule is c1ccc(C2(c3ccccc3)c3ccccc3-c3ccc(N(c4ccc(-n5c6ccccc6c6ccccc65)cc4)c4cc5ccccc5c5oc6ccccc6c45)cc32)cc1. The van der Waals surface area contributed by atoms with Crippen LogP contribution in [0.5, 0.6) is 0 Å². The molecule has 0 fully saturated rings. The molecular weight excluding hydrogens is 753 g/mol. The standard InChI is InChI=1S/C59H38N2O/c1-3-18-40(19-4-1)59(41-20-5-2-6-21-41)51-27-13-9-23-46(51)47-36-35-44(38-52(47)59)60(55-37-39-17-7-8-22-45(39)58-57(55)50-26-12-16-30-56(50)62-58)42-31-33-43(34-32-42)61-53-28-14-10-24-48(53)49-25-11-15-29-54(49)61/h1-38H. The van der Waals surface area contributed by atoms with Crippen LogP contribution >= 0.6 is 0 Å². The molecule has 3 nitrogen and oxygen atoms in total. The van der Waals surface area contributed by atoms with Gasteiger partial charge in [-0.05, 0) is 99.4 Å². The number of aromatic nitrogens is 1. The summed E-state index contributed by atoms with van der Waals surface area (Å²) >= 11 is 0. The highest BCUT2D eigenvalue weighted by Gasteiger charge is 2.46. The average Bonchev–Trinajstić information content (AvgIpc) is 4.00. The van der Waals surface area contributed by atoms with Gasteiger partial charge in [-0.3, -0.25) is 0 Å². The summed E-state index contributed by atoms with van der Waals surface area (Å²) in [6.07, 6.45) is 0. The van der Waals surface area contributed by atoms with Crippen LogP contribution in [-0.2, 0) is 5.41 Å². The van der Waals surface area contributed by atoms with Gasteiger partial charge in [0, 0.05) is 38.6 Å². The number of para-hydroxylation sites is 3. The third-order valence-corrected chi connectivity index (χ3v) is 13.2. The molecule has 0 spiro atoms. The number of furan rings is 1. The Morgan fingerprint density at radius 3 is 1.66 bits per heavy atom. The predicted molar refractivity (Wildman–Crippen MR) is 258 cm³/mol. The van der Waals surface area contributed by atoms with Crippen LogP contribution in [-0.4, -0.2) is 4.57 Å². The van der Waals surface area contributed by atoms with Crippen LogP contribution in [0.25, 0.3) is 71.3 Å². The van der Waals surface area contributed by atoms with Gasteiger partial charge in [0.15, 0.2) is 0 Å². The van der Waals surface area contributed by atoms with Gasteiger partial charge in [-0.15, -0.1) is 0 Å². The molecule has 1 aliphatic carbocycles. The number of rotatable bonds is 6. The first kappa shape index (κ1) is 34.7. The quantitative estimate of drug-likeness (QED) is 0.167. The van der Waals surface area contributed by atoms with E-state index in [1.54, 1.807) is 0 Å². The van der Waals surface area contributed by atoms with Gasteiger partial charge in [-0.25, -0.2) is 0 Å². The fraction of sp³-hybridized carbons (Fsp3) is 0.0169. The zero-order valence-corrected chi connectivity index (χ0v) is 33.7. The van der Waals surface area contributed by atoms with Crippen molar-refractivity contribution in [1.82, 2.24) is 4.57 Å². The fourth-order valence-electron chi connectivity index (χ4n) is 10.7. The molecule has 0 unspecified atom stereocenters. The van der Waals surface area contributed by atoms with E-state index < -0.39 is 5.41 Å². The number of hydrogen-bond donors (Lipinski definition) is 0. The molecule has 290 valence electrons. The summed E-state index contributed by atoms with van der Waals surface area (Å²) in [5.74, 6) is 0. The van der Waals surface area contributed by atoms with E-state index in [2.05, 4.69) is 240 Å². The molecule has 1 aliphatic rings. The van der Waals surface area contributed by atoms with Crippen LogP contribution < -0.4 is 4.90 Å². The van der Waals surface area contributed by atoms with Crippen LogP contribution in [0.3, 0.4) is 0 Å². The van der Waals surface area contributed by atoms with Gasteiger partial charge >= 0.3 is 0 Å². The largest absolute Gasteiger partial charge is 0.455 e. The van der Waals surface area contributed by atoms with Crippen molar-refractivity contribution >= 4 is 71.6 Å². The van der Waals surface area contributed by atoms with Crippen LogP contribution in [0.4, 0.5) is 17.1 Å². The third kappa shape index (κ3) is 4.88. The van der Waals surface area contributed by atoms with E-state index >= 15 is 0 Å². The van der Waals surface area contributed by atoms with Crippen LogP contribution in [0, 0.1) is 0 Å². The Kier molecular flexibility index (Phi) is 7.52. The Labute approximate surface area is 359 Å². The molecule has 0 bridgehead atoms. The minimum absolute atomic E-state index is 0.544. The van der Waals surface area contributed by atoms with E-state index in [1.165, 1.54) is 55.2 Å². The molecule has 0 saturated heterocycles. The number of nitrogens with zero attached hydrogens (tertiary/aromatic N) is 2. The molecular formula is C59H38N2O. The lowest BCUT2D eigenvalue weighted by Crippen LogP contribution is -2.28. The maximum Gasteiger partial charge on any atom is 0.145 e. The molecule has 12 aromatic rings. The molecule has 2 heterocycles. The van der Waals surface area contributed by atoms with Crippen molar-refractivity contribution in [2.24, 2.45) is 0 Å². The average molecular weight is 791 g/mol. The second-order valence-electron chi connectivity index (χ2n) is 16.4. The lowest BCUT2D eigenvalue weighted by Gasteiger charge is -2.35. The number of benzene rings is 10. The van der Waals surface area contributed by atoms with Crippen molar-refractivity contribution in [3.05, 3.63) is 253 Å². The zero-order valence-electron chi connectivity index (χ0n) is 33.7. The van der Waals surface area contributed by atoms with Gasteiger partial charge in [0.25, 0.3) is 0 Å². The van der Waals surface area contributed by atoms with Crippen molar-refractivity contribution < 1.29 is 4.42 Å². The number of anilines is 3. The Morgan fingerprint density at radius 2 is 0.952 bits per heavy atom. The monoisotopic (exact) mass is 790 g/mol. The molecule has 62 heavy (non-hydrogen) atoms. The topological polar surface area (TPSA) is 21.3 Å². The van der Waals surface area contributed by atoms with E-state index in [4.69, 9.17) is 4.42 Å². The summed E-state index contributed by atoms with van der Waals surface area (Å²) in [4.78, 5) is 2.45. The van der Waals surface area contributed by atoms with Gasteiger partial charge in [0.2, 0.25) is 0 Å². The molecule has 0 N–H and O–H groups in total. The highest BCUT2D eigenvalue weighted by Crippen LogP contribution is 2.57. The van der Waals surface area contributed by atoms with Crippen molar-refractivity contribution in [1.29, 1.82) is 0 Å². The highest BCUT2D eigenvalue weighted by atomic mass is 16.3. The Hall–Kier alpha value is -8.14. The minimum Gasteiger partial charge on any atom is -0.455 e. The van der Waals surface area contributed by atoms with Crippen molar-refractivity contribution in [2.75, 3.05) is 4.90 Å². The first-order valence-electron chi connectivity index (χ1n) is 21.3. The lowest BCUT2D eigenvalue weighted by atomic mass is 9.67. The van der Waals surface area contributed by atoms with Crippen molar-refractivity contribution in [2.45, 2.75) is 5.41 Å². The molecule has 10 aromatic carbocycles. The Bertz CT molecular complexity index is 3600. The van der Waals surface area contributed by atoms with Crippen LogP contribution in [0.2, 0.25) is 0 Å². The molecule has 0 atom stereocenters. The van der Waals surface area contributed by atoms with E-state index in [1.807, 2.05) is 0 Å². The summed E-state index contributed by atoms with van der Waals surface area (Å²) in [6.45, 7) is 0. The molecule has 2 aromatic heterocycles.